The number of benzene rings is 2. The Labute approximate surface area is 187 Å². The number of fused-ring (bicyclic) bond motifs is 1. The molecule has 0 unspecified atom stereocenters. The summed E-state index contributed by atoms with van der Waals surface area (Å²) in [4.78, 5) is 43.5. The van der Waals surface area contributed by atoms with E-state index in [9.17, 15) is 14.4 Å². The van der Waals surface area contributed by atoms with Crippen LogP contribution in [0.2, 0.25) is 0 Å². The third kappa shape index (κ3) is 3.77. The topological polar surface area (TPSA) is 130 Å². The molecular weight excluding hydrogens is 426 g/mol. The van der Waals surface area contributed by atoms with Crippen LogP contribution in [0.5, 0.6) is 0 Å². The van der Waals surface area contributed by atoms with Crippen molar-refractivity contribution in [2.75, 3.05) is 10.6 Å². The molecule has 0 saturated carbocycles. The molecule has 9 heteroatoms. The van der Waals surface area contributed by atoms with E-state index >= 15 is 0 Å². The summed E-state index contributed by atoms with van der Waals surface area (Å²) in [7, 11) is 0. The summed E-state index contributed by atoms with van der Waals surface area (Å²) in [6.07, 6.45) is 4.34. The molecular formula is C23H19N5O3S. The summed E-state index contributed by atoms with van der Waals surface area (Å²) in [6.45, 7) is 5.37. The fraction of sp³-hybridized carbons (Fsp3) is 0.0435. The summed E-state index contributed by atoms with van der Waals surface area (Å²) in [5.41, 5.74) is 9.85. The highest BCUT2D eigenvalue weighted by molar-refractivity contribution is 7.11. The van der Waals surface area contributed by atoms with Gasteiger partial charge < -0.3 is 21.4 Å². The number of nitrogens with zero attached hydrogens (tertiary/aromatic N) is 1. The summed E-state index contributed by atoms with van der Waals surface area (Å²) in [5.74, 6) is -1.27. The third-order valence-corrected chi connectivity index (χ3v) is 5.81. The highest BCUT2D eigenvalue weighted by Gasteiger charge is 2.19. The summed E-state index contributed by atoms with van der Waals surface area (Å²) in [6, 6.07) is 8.93. The number of anilines is 2. The Balaban J connectivity index is 1.86. The lowest BCUT2D eigenvalue weighted by atomic mass is 9.94. The number of carbonyl (C=O) groups is 3. The molecule has 0 radical (unpaired) electrons. The van der Waals surface area contributed by atoms with Gasteiger partial charge in [0.1, 0.15) is 0 Å². The molecule has 0 aliphatic heterocycles. The van der Waals surface area contributed by atoms with Gasteiger partial charge in [0, 0.05) is 28.8 Å². The van der Waals surface area contributed by atoms with Crippen molar-refractivity contribution in [2.24, 2.45) is 5.73 Å². The van der Waals surface area contributed by atoms with E-state index in [4.69, 9.17) is 5.73 Å². The number of amides is 3. The number of nitrogens with one attached hydrogen (secondary N) is 3. The molecule has 0 fully saturated rings. The zero-order chi connectivity index (χ0) is 22.8. The van der Waals surface area contributed by atoms with Crippen LogP contribution < -0.4 is 16.4 Å². The number of aromatic amines is 1. The fourth-order valence-corrected chi connectivity index (χ4v) is 4.07. The van der Waals surface area contributed by atoms with Gasteiger partial charge in [-0.1, -0.05) is 24.8 Å². The average Bonchev–Trinajstić information content (AvgIpc) is 3.45. The Morgan fingerprint density at radius 2 is 1.94 bits per heavy atom. The number of hydrogen-bond donors (Lipinski definition) is 4. The number of rotatable bonds is 6. The first-order valence-corrected chi connectivity index (χ1v) is 10.5. The van der Waals surface area contributed by atoms with E-state index in [0.717, 1.165) is 22.8 Å². The van der Waals surface area contributed by atoms with Crippen molar-refractivity contribution in [2.45, 2.75) is 6.92 Å². The number of H-pyrrole nitrogens is 1. The summed E-state index contributed by atoms with van der Waals surface area (Å²) >= 11 is 1.25. The molecule has 4 rings (SSSR count). The van der Waals surface area contributed by atoms with Gasteiger partial charge in [0.25, 0.3) is 11.8 Å². The molecule has 160 valence electrons. The van der Waals surface area contributed by atoms with Gasteiger partial charge in [-0.15, -0.1) is 11.3 Å². The standard InChI is InChI=1S/C23H19N5O3S/c1-3-18(29)27-17-11-26-20-15(21(24)30)8-7-14(19(17)20)13-5-4-6-16(12(13)2)28-22(31)23-25-9-10-32-23/h3-11,26H,1H2,2H3,(H2,24,30)(H,27,29)(H,28,31). The molecule has 4 aromatic rings. The largest absolute Gasteiger partial charge is 0.366 e. The van der Waals surface area contributed by atoms with Crippen molar-refractivity contribution < 1.29 is 14.4 Å². The molecule has 0 spiro atoms. The van der Waals surface area contributed by atoms with Crippen molar-refractivity contribution in [3.8, 4) is 11.1 Å². The second-order valence-corrected chi connectivity index (χ2v) is 7.83. The van der Waals surface area contributed by atoms with Crippen LogP contribution in [-0.2, 0) is 4.79 Å². The lowest BCUT2D eigenvalue weighted by molar-refractivity contribution is -0.111. The van der Waals surface area contributed by atoms with Gasteiger partial charge in [0.2, 0.25) is 5.91 Å². The van der Waals surface area contributed by atoms with Crippen LogP contribution in [0.15, 0.2) is 60.8 Å². The van der Waals surface area contributed by atoms with Gasteiger partial charge in [-0.3, -0.25) is 14.4 Å². The van der Waals surface area contributed by atoms with E-state index in [1.807, 2.05) is 19.1 Å². The Kier molecular flexibility index (Phi) is 5.57. The number of thiazole rings is 1. The minimum atomic E-state index is -0.591. The molecule has 2 heterocycles. The quantitative estimate of drug-likeness (QED) is 0.333. The van der Waals surface area contributed by atoms with E-state index in [1.165, 1.54) is 11.3 Å². The molecule has 0 bridgehead atoms. The van der Waals surface area contributed by atoms with E-state index in [0.29, 0.717) is 32.8 Å². The van der Waals surface area contributed by atoms with Gasteiger partial charge in [-0.25, -0.2) is 4.98 Å². The average molecular weight is 446 g/mol. The zero-order valence-electron chi connectivity index (χ0n) is 17.1. The molecule has 5 N–H and O–H groups in total. The maximum atomic E-state index is 12.5. The smallest absolute Gasteiger partial charge is 0.284 e. The molecule has 0 saturated heterocycles. The molecule has 0 atom stereocenters. The Morgan fingerprint density at radius 1 is 1.12 bits per heavy atom. The summed E-state index contributed by atoms with van der Waals surface area (Å²) in [5, 5.41) is 8.38. The zero-order valence-corrected chi connectivity index (χ0v) is 17.9. The van der Waals surface area contributed by atoms with Crippen molar-refractivity contribution in [1.82, 2.24) is 9.97 Å². The molecule has 0 aliphatic rings. The van der Waals surface area contributed by atoms with Crippen molar-refractivity contribution in [1.29, 1.82) is 0 Å². The Hall–Kier alpha value is -4.24. The molecule has 3 amide bonds. The van der Waals surface area contributed by atoms with Crippen LogP contribution in [0, 0.1) is 6.92 Å². The van der Waals surface area contributed by atoms with E-state index in [1.54, 1.807) is 36.0 Å². The van der Waals surface area contributed by atoms with Crippen LogP contribution in [0.4, 0.5) is 11.4 Å². The van der Waals surface area contributed by atoms with Crippen LogP contribution in [-0.4, -0.2) is 27.7 Å². The van der Waals surface area contributed by atoms with E-state index < -0.39 is 5.91 Å². The predicted molar refractivity (Wildman–Crippen MR) is 126 cm³/mol. The van der Waals surface area contributed by atoms with Crippen LogP contribution in [0.1, 0.15) is 25.7 Å². The maximum absolute atomic E-state index is 12.5. The van der Waals surface area contributed by atoms with Gasteiger partial charge >= 0.3 is 0 Å². The number of hydrogen-bond acceptors (Lipinski definition) is 5. The first-order chi connectivity index (χ1) is 15.4. The van der Waals surface area contributed by atoms with E-state index in [2.05, 4.69) is 27.2 Å². The first kappa shape index (κ1) is 21.0. The third-order valence-electron chi connectivity index (χ3n) is 5.04. The minimum absolute atomic E-state index is 0.296. The van der Waals surface area contributed by atoms with Gasteiger partial charge in [0.05, 0.1) is 16.8 Å². The van der Waals surface area contributed by atoms with Crippen LogP contribution >= 0.6 is 11.3 Å². The normalized spacial score (nSPS) is 10.7. The molecule has 8 nitrogen and oxygen atoms in total. The van der Waals surface area contributed by atoms with Crippen LogP contribution in [0.25, 0.3) is 22.0 Å². The van der Waals surface area contributed by atoms with Crippen molar-refractivity contribution >= 4 is 51.3 Å². The first-order valence-electron chi connectivity index (χ1n) is 9.58. The molecule has 2 aromatic carbocycles. The Morgan fingerprint density at radius 3 is 2.62 bits per heavy atom. The second kappa shape index (κ2) is 8.48. The summed E-state index contributed by atoms with van der Waals surface area (Å²) < 4.78 is 0. The van der Waals surface area contributed by atoms with Crippen molar-refractivity contribution in [3.05, 3.63) is 76.9 Å². The number of carbonyl (C=O) groups excluding carboxylic acids is 3. The SMILES string of the molecule is C=CC(=O)Nc1c[nH]c2c(C(N)=O)ccc(-c3cccc(NC(=O)c4nccs4)c3C)c12. The predicted octanol–water partition coefficient (Wildman–Crippen LogP) is 4.08. The number of primary amides is 1. The lowest BCUT2D eigenvalue weighted by Crippen LogP contribution is -2.13. The van der Waals surface area contributed by atoms with Gasteiger partial charge in [-0.2, -0.15) is 0 Å². The molecule has 0 aliphatic carbocycles. The van der Waals surface area contributed by atoms with Crippen molar-refractivity contribution in [3.63, 3.8) is 0 Å². The molecule has 32 heavy (non-hydrogen) atoms. The fourth-order valence-electron chi connectivity index (χ4n) is 3.54. The maximum Gasteiger partial charge on any atom is 0.284 e. The highest BCUT2D eigenvalue weighted by atomic mass is 32.1. The second-order valence-electron chi connectivity index (χ2n) is 6.94. The molecule has 2 aromatic heterocycles. The highest BCUT2D eigenvalue weighted by Crippen LogP contribution is 2.38. The number of aromatic nitrogens is 2. The minimum Gasteiger partial charge on any atom is -0.366 e. The monoisotopic (exact) mass is 445 g/mol. The van der Waals surface area contributed by atoms with E-state index in [-0.39, 0.29) is 11.8 Å². The lowest BCUT2D eigenvalue weighted by Gasteiger charge is -2.15. The van der Waals surface area contributed by atoms with Gasteiger partial charge in [-0.05, 0) is 41.8 Å². The number of nitrogens with two attached hydrogens (primary N) is 1. The van der Waals surface area contributed by atoms with Gasteiger partial charge in [0.15, 0.2) is 5.01 Å². The van der Waals surface area contributed by atoms with Crippen LogP contribution in [0.3, 0.4) is 0 Å². The Bertz CT molecular complexity index is 1370.